The number of anilines is 2. The van der Waals surface area contributed by atoms with Crippen molar-refractivity contribution in [1.29, 1.82) is 5.26 Å². The van der Waals surface area contributed by atoms with Crippen molar-refractivity contribution in [2.75, 3.05) is 10.6 Å². The smallest absolute Gasteiger partial charge is 0.308 e. The monoisotopic (exact) mass is 280 g/mol. The largest absolute Gasteiger partial charge is 0.324 e. The van der Waals surface area contributed by atoms with Gasteiger partial charge < -0.3 is 5.32 Å². The maximum Gasteiger partial charge on any atom is 0.324 e. The van der Waals surface area contributed by atoms with Crippen LogP contribution in [0.5, 0.6) is 0 Å². The van der Waals surface area contributed by atoms with Gasteiger partial charge >= 0.3 is 6.03 Å². The number of amides is 2. The minimum Gasteiger partial charge on any atom is -0.308 e. The first-order valence-corrected chi connectivity index (χ1v) is 6.13. The van der Waals surface area contributed by atoms with E-state index in [9.17, 15) is 9.59 Å². The zero-order valence-corrected chi connectivity index (χ0v) is 11.3. The maximum absolute atomic E-state index is 11.8. The number of hydrogen-bond acceptors (Lipinski definition) is 4. The summed E-state index contributed by atoms with van der Waals surface area (Å²) in [6.45, 7) is 1.46. The third-order valence-corrected chi connectivity index (χ3v) is 2.66. The average Bonchev–Trinajstić information content (AvgIpc) is 2.48. The van der Waals surface area contributed by atoms with Crippen LogP contribution in [0, 0.1) is 11.3 Å². The molecular weight excluding hydrogens is 268 g/mol. The minimum absolute atomic E-state index is 0.0761. The predicted octanol–water partition coefficient (Wildman–Crippen LogP) is 2.80. The van der Waals surface area contributed by atoms with E-state index in [1.165, 1.54) is 19.2 Å². The highest BCUT2D eigenvalue weighted by molar-refractivity contribution is 6.00. The van der Waals surface area contributed by atoms with Gasteiger partial charge in [0, 0.05) is 17.4 Å². The van der Waals surface area contributed by atoms with Gasteiger partial charge in [-0.3, -0.25) is 10.1 Å². The van der Waals surface area contributed by atoms with Crippen molar-refractivity contribution in [2.24, 2.45) is 0 Å². The van der Waals surface area contributed by atoms with E-state index < -0.39 is 6.03 Å². The molecule has 0 radical (unpaired) electrons. The highest BCUT2D eigenvalue weighted by Crippen LogP contribution is 2.12. The SMILES string of the molecule is CC(=O)c1cccc(NC(=O)Nc2ccc(C#N)cn2)c1. The molecule has 2 aromatic rings. The van der Waals surface area contributed by atoms with E-state index in [-0.39, 0.29) is 5.78 Å². The highest BCUT2D eigenvalue weighted by Gasteiger charge is 2.05. The Morgan fingerprint density at radius 3 is 2.62 bits per heavy atom. The number of rotatable bonds is 3. The van der Waals surface area contributed by atoms with Crippen LogP contribution < -0.4 is 10.6 Å². The Bertz CT molecular complexity index is 717. The van der Waals surface area contributed by atoms with Gasteiger partial charge in [0.1, 0.15) is 11.9 Å². The number of Topliss-reactive ketones (excluding diaryl/α,β-unsaturated/α-hetero) is 1. The Morgan fingerprint density at radius 1 is 1.19 bits per heavy atom. The fourth-order valence-corrected chi connectivity index (χ4v) is 1.63. The molecule has 0 unspecified atom stereocenters. The van der Waals surface area contributed by atoms with Crippen LogP contribution in [0.15, 0.2) is 42.6 Å². The van der Waals surface area contributed by atoms with E-state index in [4.69, 9.17) is 5.26 Å². The van der Waals surface area contributed by atoms with E-state index >= 15 is 0 Å². The van der Waals surface area contributed by atoms with Gasteiger partial charge in [0.05, 0.1) is 5.56 Å². The topological polar surface area (TPSA) is 94.9 Å². The zero-order valence-electron chi connectivity index (χ0n) is 11.3. The Kier molecular flexibility index (Phi) is 4.26. The second-order valence-corrected chi connectivity index (χ2v) is 4.26. The van der Waals surface area contributed by atoms with Gasteiger partial charge in [-0.05, 0) is 31.2 Å². The number of nitrogens with zero attached hydrogens (tertiary/aromatic N) is 2. The Balaban J connectivity index is 2.02. The molecule has 0 saturated carbocycles. The van der Waals surface area contributed by atoms with Crippen molar-refractivity contribution in [3.05, 3.63) is 53.7 Å². The quantitative estimate of drug-likeness (QED) is 0.845. The zero-order chi connectivity index (χ0) is 15.2. The number of urea groups is 1. The number of carbonyl (C=O) groups is 2. The summed E-state index contributed by atoms with van der Waals surface area (Å²) in [7, 11) is 0. The first-order chi connectivity index (χ1) is 10.1. The second-order valence-electron chi connectivity index (χ2n) is 4.26. The van der Waals surface area contributed by atoms with E-state index in [2.05, 4.69) is 15.6 Å². The number of hydrogen-bond donors (Lipinski definition) is 2. The van der Waals surface area contributed by atoms with Gasteiger partial charge in [-0.15, -0.1) is 0 Å². The molecule has 0 saturated heterocycles. The van der Waals surface area contributed by atoms with Crippen molar-refractivity contribution >= 4 is 23.3 Å². The Hall–Kier alpha value is -3.20. The van der Waals surface area contributed by atoms with Crippen LogP contribution in [0.25, 0.3) is 0 Å². The van der Waals surface area contributed by atoms with Gasteiger partial charge in [-0.2, -0.15) is 5.26 Å². The van der Waals surface area contributed by atoms with Crippen molar-refractivity contribution in [3.8, 4) is 6.07 Å². The molecule has 21 heavy (non-hydrogen) atoms. The van der Waals surface area contributed by atoms with Crippen molar-refractivity contribution in [1.82, 2.24) is 4.98 Å². The van der Waals surface area contributed by atoms with Gasteiger partial charge in [0.2, 0.25) is 0 Å². The lowest BCUT2D eigenvalue weighted by molar-refractivity contribution is 0.101. The molecule has 1 heterocycles. The number of ketones is 1. The highest BCUT2D eigenvalue weighted by atomic mass is 16.2. The average molecular weight is 280 g/mol. The fraction of sp³-hybridized carbons (Fsp3) is 0.0667. The fourth-order valence-electron chi connectivity index (χ4n) is 1.63. The summed E-state index contributed by atoms with van der Waals surface area (Å²) in [5, 5.41) is 13.8. The molecule has 0 bridgehead atoms. The number of pyridine rings is 1. The molecular formula is C15H12N4O2. The molecule has 6 nitrogen and oxygen atoms in total. The summed E-state index contributed by atoms with van der Waals surface area (Å²) in [5.74, 6) is 0.252. The van der Waals surface area contributed by atoms with E-state index in [0.717, 1.165) is 0 Å². The lowest BCUT2D eigenvalue weighted by atomic mass is 10.1. The maximum atomic E-state index is 11.8. The summed E-state index contributed by atoms with van der Waals surface area (Å²) in [5.41, 5.74) is 1.44. The number of nitriles is 1. The molecule has 0 atom stereocenters. The molecule has 6 heteroatoms. The normalized spacial score (nSPS) is 9.52. The van der Waals surface area contributed by atoms with Crippen LogP contribution in [-0.4, -0.2) is 16.8 Å². The molecule has 104 valence electrons. The molecule has 2 rings (SSSR count). The molecule has 0 aliphatic rings. The predicted molar refractivity (Wildman–Crippen MR) is 78.0 cm³/mol. The summed E-state index contributed by atoms with van der Waals surface area (Å²) in [4.78, 5) is 27.0. The first-order valence-electron chi connectivity index (χ1n) is 6.13. The van der Waals surface area contributed by atoms with Crippen LogP contribution in [0.4, 0.5) is 16.3 Å². The van der Waals surface area contributed by atoms with Crippen LogP contribution in [0.1, 0.15) is 22.8 Å². The van der Waals surface area contributed by atoms with Gasteiger partial charge in [-0.25, -0.2) is 9.78 Å². The lowest BCUT2D eigenvalue weighted by Crippen LogP contribution is -2.20. The van der Waals surface area contributed by atoms with E-state index in [1.54, 1.807) is 30.3 Å². The molecule has 1 aromatic carbocycles. The van der Waals surface area contributed by atoms with Crippen molar-refractivity contribution in [2.45, 2.75) is 6.92 Å². The molecule has 2 amide bonds. The van der Waals surface area contributed by atoms with Gasteiger partial charge in [0.25, 0.3) is 0 Å². The minimum atomic E-state index is -0.479. The van der Waals surface area contributed by atoms with E-state index in [0.29, 0.717) is 22.6 Å². The number of carbonyl (C=O) groups excluding carboxylic acids is 2. The van der Waals surface area contributed by atoms with Crippen molar-refractivity contribution in [3.63, 3.8) is 0 Å². The molecule has 1 aromatic heterocycles. The Morgan fingerprint density at radius 2 is 2.00 bits per heavy atom. The molecule has 0 aliphatic carbocycles. The molecule has 2 N–H and O–H groups in total. The molecule has 0 spiro atoms. The number of benzene rings is 1. The summed E-state index contributed by atoms with van der Waals surface area (Å²) >= 11 is 0. The first kappa shape index (κ1) is 14.2. The van der Waals surface area contributed by atoms with Gasteiger partial charge in [-0.1, -0.05) is 12.1 Å². The summed E-state index contributed by atoms with van der Waals surface area (Å²) < 4.78 is 0. The van der Waals surface area contributed by atoms with Gasteiger partial charge in [0.15, 0.2) is 5.78 Å². The molecule has 0 aliphatic heterocycles. The van der Waals surface area contributed by atoms with E-state index in [1.807, 2.05) is 6.07 Å². The summed E-state index contributed by atoms with van der Waals surface area (Å²) in [6, 6.07) is 11.2. The summed E-state index contributed by atoms with van der Waals surface area (Å²) in [6.07, 6.45) is 1.37. The number of nitrogens with one attached hydrogen (secondary N) is 2. The second kappa shape index (κ2) is 6.30. The van der Waals surface area contributed by atoms with Crippen LogP contribution >= 0.6 is 0 Å². The third kappa shape index (κ3) is 3.88. The Labute approximate surface area is 121 Å². The van der Waals surface area contributed by atoms with Crippen LogP contribution in [-0.2, 0) is 0 Å². The molecule has 0 fully saturated rings. The number of aromatic nitrogens is 1. The standard InChI is InChI=1S/C15H12N4O2/c1-10(20)12-3-2-4-13(7-12)18-15(21)19-14-6-5-11(8-16)9-17-14/h2-7,9H,1H3,(H2,17,18,19,21). The lowest BCUT2D eigenvalue weighted by Gasteiger charge is -2.07. The van der Waals surface area contributed by atoms with Crippen molar-refractivity contribution < 1.29 is 9.59 Å². The van der Waals surface area contributed by atoms with Crippen LogP contribution in [0.2, 0.25) is 0 Å². The third-order valence-electron chi connectivity index (χ3n) is 2.66. The van der Waals surface area contributed by atoms with Crippen LogP contribution in [0.3, 0.4) is 0 Å².